The Morgan fingerprint density at radius 2 is 0.639 bits per heavy atom. The zero-order chi connectivity index (χ0) is 43.9. The maximum absolute atomic E-state index is 12.9. The highest BCUT2D eigenvalue weighted by Crippen LogP contribution is 2.39. The van der Waals surface area contributed by atoms with Crippen molar-refractivity contribution in [3.05, 3.63) is 121 Å². The monoisotopic (exact) mass is 836 g/mol. The molecule has 4 N–H and O–H groups in total. The summed E-state index contributed by atoms with van der Waals surface area (Å²) in [4.78, 5) is 50.9. The number of hydrogen-bond acceptors (Lipinski definition) is 7. The standard InChI is InChI=1S/C50H60O11/c1-4-7-10-13-16-59-44-34-20-32-19-33(23-40(22-32)47(51)52)21-35-27-42(49(55)56)29-37(45(35)60-17-14-11-8-5-2)25-39-31-43(50(57)58)30-38(46(39)61-18-15-12-9-6-3)24-36(44)28-41(26-34)48(53)54/h19,22-23,26-31H,4-18,20-21,24-25H2,1-3H3,(H,51,52)(H,53,54)(H,55,56)(H,57,58). The van der Waals surface area contributed by atoms with Crippen LogP contribution in [0.2, 0.25) is 0 Å². The van der Waals surface area contributed by atoms with Crippen molar-refractivity contribution in [3.63, 3.8) is 0 Å². The van der Waals surface area contributed by atoms with Crippen LogP contribution in [-0.4, -0.2) is 64.1 Å². The first kappa shape index (κ1) is 46.2. The minimum atomic E-state index is -1.17. The molecular weight excluding hydrogens is 777 g/mol. The SMILES string of the molecule is CCCCCCOc1c2cc(C(=O)O)cc1Cc1cc(C(=O)O)cc(c1OCCCCCC)Cc1cc(C(=O)O)cc(c1OCCCCCC)Cc1cc(cc(C(=O)O)c1)C2. The highest BCUT2D eigenvalue weighted by molar-refractivity contribution is 5.91. The Bertz CT molecular complexity index is 2060. The van der Waals surface area contributed by atoms with Gasteiger partial charge in [0.15, 0.2) is 0 Å². The number of carboxylic acids is 4. The molecule has 1 aliphatic rings. The second kappa shape index (κ2) is 22.7. The molecular formula is C50H60O11. The van der Waals surface area contributed by atoms with E-state index in [1.807, 2.05) is 6.07 Å². The highest BCUT2D eigenvalue weighted by Gasteiger charge is 2.25. The van der Waals surface area contributed by atoms with Crippen molar-refractivity contribution < 1.29 is 53.8 Å². The van der Waals surface area contributed by atoms with Gasteiger partial charge in [-0.3, -0.25) is 0 Å². The van der Waals surface area contributed by atoms with Gasteiger partial charge in [-0.1, -0.05) is 84.6 Å². The maximum Gasteiger partial charge on any atom is 0.335 e. The Morgan fingerprint density at radius 3 is 0.902 bits per heavy atom. The van der Waals surface area contributed by atoms with Crippen LogP contribution in [0.3, 0.4) is 0 Å². The van der Waals surface area contributed by atoms with Gasteiger partial charge >= 0.3 is 23.9 Å². The summed E-state index contributed by atoms with van der Waals surface area (Å²) >= 11 is 0. The Hall–Kier alpha value is -5.84. The van der Waals surface area contributed by atoms with Crippen LogP contribution in [0.15, 0.2) is 54.6 Å². The summed E-state index contributed by atoms with van der Waals surface area (Å²) in [6.45, 7) is 7.41. The maximum atomic E-state index is 12.9. The number of aromatic carboxylic acids is 4. The molecule has 0 heterocycles. The zero-order valence-corrected chi connectivity index (χ0v) is 35.8. The van der Waals surface area contributed by atoms with E-state index in [9.17, 15) is 39.6 Å². The molecule has 11 nitrogen and oxygen atoms in total. The summed E-state index contributed by atoms with van der Waals surface area (Å²) in [5.74, 6) is -3.27. The Balaban J connectivity index is 1.83. The molecule has 5 rings (SSSR count). The molecule has 0 aliphatic heterocycles. The summed E-state index contributed by atoms with van der Waals surface area (Å²) in [7, 11) is 0. The number of hydrogen-bond donors (Lipinski definition) is 4. The Kier molecular flexibility index (Phi) is 17.2. The normalized spacial score (nSPS) is 12.1. The molecule has 0 radical (unpaired) electrons. The number of rotatable bonds is 22. The van der Waals surface area contributed by atoms with Gasteiger partial charge in [0.1, 0.15) is 17.2 Å². The van der Waals surface area contributed by atoms with Crippen LogP contribution in [0.25, 0.3) is 0 Å². The minimum Gasteiger partial charge on any atom is -0.493 e. The third-order valence-electron chi connectivity index (χ3n) is 11.1. The molecule has 0 saturated carbocycles. The molecule has 0 spiro atoms. The van der Waals surface area contributed by atoms with Crippen LogP contribution < -0.4 is 14.2 Å². The van der Waals surface area contributed by atoms with Crippen molar-refractivity contribution in [2.75, 3.05) is 19.8 Å². The fourth-order valence-electron chi connectivity index (χ4n) is 8.03. The molecule has 0 amide bonds. The van der Waals surface area contributed by atoms with E-state index in [1.54, 1.807) is 48.5 Å². The second-order valence-electron chi connectivity index (χ2n) is 16.1. The van der Waals surface area contributed by atoms with Gasteiger partial charge in [0.2, 0.25) is 0 Å². The minimum absolute atomic E-state index is 0.00563. The first-order chi connectivity index (χ1) is 29.4. The van der Waals surface area contributed by atoms with Crippen molar-refractivity contribution >= 4 is 23.9 Å². The molecule has 0 aromatic heterocycles. The molecule has 8 bridgehead atoms. The van der Waals surface area contributed by atoms with Crippen LogP contribution in [0.5, 0.6) is 17.2 Å². The Labute approximate surface area is 358 Å². The summed E-state index contributed by atoms with van der Waals surface area (Å²) in [5, 5.41) is 41.6. The number of carbonyl (C=O) groups is 4. The molecule has 4 aromatic rings. The number of unbranched alkanes of at least 4 members (excludes halogenated alkanes) is 9. The highest BCUT2D eigenvalue weighted by atomic mass is 16.5. The lowest BCUT2D eigenvalue weighted by atomic mass is 9.88. The first-order valence-electron chi connectivity index (χ1n) is 21.8. The van der Waals surface area contributed by atoms with Gasteiger partial charge in [-0.2, -0.15) is 0 Å². The molecule has 0 atom stereocenters. The molecule has 0 fully saturated rings. The molecule has 61 heavy (non-hydrogen) atoms. The van der Waals surface area contributed by atoms with Crippen molar-refractivity contribution in [3.8, 4) is 17.2 Å². The summed E-state index contributed by atoms with van der Waals surface area (Å²) < 4.78 is 19.8. The van der Waals surface area contributed by atoms with Crippen LogP contribution >= 0.6 is 0 Å². The van der Waals surface area contributed by atoms with Crippen LogP contribution in [-0.2, 0) is 25.7 Å². The molecule has 0 unspecified atom stereocenters. The van der Waals surface area contributed by atoms with E-state index in [0.29, 0.717) is 81.6 Å². The van der Waals surface area contributed by atoms with E-state index in [-0.39, 0.29) is 47.9 Å². The van der Waals surface area contributed by atoms with E-state index >= 15 is 0 Å². The average Bonchev–Trinajstić information content (AvgIpc) is 3.21. The van der Waals surface area contributed by atoms with Crippen molar-refractivity contribution in [2.24, 2.45) is 0 Å². The quantitative estimate of drug-likeness (QED) is 0.0488. The van der Waals surface area contributed by atoms with E-state index in [2.05, 4.69) is 20.8 Å². The molecule has 11 heteroatoms. The van der Waals surface area contributed by atoms with Gasteiger partial charge in [-0.15, -0.1) is 0 Å². The number of ether oxygens (including phenoxy) is 3. The van der Waals surface area contributed by atoms with Gasteiger partial charge in [-0.25, -0.2) is 19.2 Å². The smallest absolute Gasteiger partial charge is 0.335 e. The lowest BCUT2D eigenvalue weighted by molar-refractivity contribution is 0.0685. The van der Waals surface area contributed by atoms with Gasteiger partial charge in [-0.05, 0) is 112 Å². The van der Waals surface area contributed by atoms with E-state index < -0.39 is 23.9 Å². The van der Waals surface area contributed by atoms with Crippen LogP contribution in [0, 0.1) is 0 Å². The molecule has 0 saturated heterocycles. The fourth-order valence-corrected chi connectivity index (χ4v) is 8.03. The molecule has 326 valence electrons. The van der Waals surface area contributed by atoms with Gasteiger partial charge in [0, 0.05) is 25.7 Å². The third kappa shape index (κ3) is 12.8. The molecule has 1 aliphatic carbocycles. The lowest BCUT2D eigenvalue weighted by Gasteiger charge is -2.23. The fraction of sp³-hybridized carbons (Fsp3) is 0.440. The van der Waals surface area contributed by atoms with Crippen molar-refractivity contribution in [2.45, 2.75) is 124 Å². The van der Waals surface area contributed by atoms with Crippen LogP contribution in [0.1, 0.15) is 184 Å². The van der Waals surface area contributed by atoms with Gasteiger partial charge in [0.25, 0.3) is 0 Å². The van der Waals surface area contributed by atoms with Gasteiger partial charge < -0.3 is 34.6 Å². The first-order valence-corrected chi connectivity index (χ1v) is 21.8. The third-order valence-corrected chi connectivity index (χ3v) is 11.1. The number of fused-ring (bicyclic) bond motifs is 8. The topological polar surface area (TPSA) is 177 Å². The van der Waals surface area contributed by atoms with Gasteiger partial charge in [0.05, 0.1) is 42.1 Å². The average molecular weight is 837 g/mol. The van der Waals surface area contributed by atoms with E-state index in [0.717, 1.165) is 77.0 Å². The van der Waals surface area contributed by atoms with Crippen molar-refractivity contribution in [1.82, 2.24) is 0 Å². The second-order valence-corrected chi connectivity index (χ2v) is 16.1. The Morgan fingerprint density at radius 1 is 0.377 bits per heavy atom. The van der Waals surface area contributed by atoms with E-state index in [1.165, 1.54) is 0 Å². The van der Waals surface area contributed by atoms with E-state index in [4.69, 9.17) is 14.2 Å². The van der Waals surface area contributed by atoms with Crippen LogP contribution in [0.4, 0.5) is 0 Å². The number of carboxylic acid groups (broad SMARTS) is 4. The summed E-state index contributed by atoms with van der Waals surface area (Å²) in [5.41, 5.74) is 4.34. The predicted octanol–water partition coefficient (Wildman–Crippen LogP) is 11.0. The summed E-state index contributed by atoms with van der Waals surface area (Å²) in [6.07, 6.45) is 11.6. The predicted molar refractivity (Wildman–Crippen MR) is 234 cm³/mol. The summed E-state index contributed by atoms with van der Waals surface area (Å²) in [6, 6.07) is 14.3. The zero-order valence-electron chi connectivity index (χ0n) is 35.8. The number of benzene rings is 4. The largest absolute Gasteiger partial charge is 0.493 e. The van der Waals surface area contributed by atoms with Crippen molar-refractivity contribution in [1.29, 1.82) is 0 Å². The lowest BCUT2D eigenvalue weighted by Crippen LogP contribution is -2.13. The molecule has 4 aromatic carbocycles.